The van der Waals surface area contributed by atoms with Crippen molar-refractivity contribution in [2.75, 3.05) is 31.6 Å². The smallest absolute Gasteiger partial charge is 0.262 e. The molecule has 8 nitrogen and oxygen atoms in total. The Morgan fingerprint density at radius 3 is 2.71 bits per heavy atom. The maximum absolute atomic E-state index is 12.3. The summed E-state index contributed by atoms with van der Waals surface area (Å²) in [6, 6.07) is 10.7. The summed E-state index contributed by atoms with van der Waals surface area (Å²) in [5.74, 6) is 1.12. The number of para-hydroxylation sites is 2. The van der Waals surface area contributed by atoms with Crippen LogP contribution in [0.5, 0.6) is 17.2 Å². The molecule has 0 spiro atoms. The third kappa shape index (κ3) is 6.19. The van der Waals surface area contributed by atoms with Gasteiger partial charge in [0.25, 0.3) is 5.91 Å². The molecule has 31 heavy (non-hydrogen) atoms. The van der Waals surface area contributed by atoms with Gasteiger partial charge in [-0.05, 0) is 52.7 Å². The fourth-order valence-corrected chi connectivity index (χ4v) is 3.80. The van der Waals surface area contributed by atoms with Crippen molar-refractivity contribution in [3.8, 4) is 17.2 Å². The number of nitrogens with zero attached hydrogens (tertiary/aromatic N) is 2. The first-order valence-corrected chi connectivity index (χ1v) is 10.8. The largest absolute Gasteiger partial charge is 0.495 e. The number of carbonyl (C=O) groups is 1. The molecule has 0 aliphatic heterocycles. The molecule has 3 aromatic rings. The van der Waals surface area contributed by atoms with Crippen LogP contribution in [0.1, 0.15) is 11.3 Å². The summed E-state index contributed by atoms with van der Waals surface area (Å²) >= 11 is 4.94. The van der Waals surface area contributed by atoms with E-state index in [2.05, 4.69) is 36.8 Å². The summed E-state index contributed by atoms with van der Waals surface area (Å²) in [5.41, 5.74) is 5.16. The zero-order valence-electron chi connectivity index (χ0n) is 17.1. The van der Waals surface area contributed by atoms with E-state index in [9.17, 15) is 4.79 Å². The number of hydrazone groups is 1. The quantitative estimate of drug-likeness (QED) is 0.324. The molecule has 1 aromatic heterocycles. The van der Waals surface area contributed by atoms with Crippen molar-refractivity contribution in [3.63, 3.8) is 0 Å². The fourth-order valence-electron chi connectivity index (χ4n) is 2.59. The van der Waals surface area contributed by atoms with Gasteiger partial charge in [-0.2, -0.15) is 5.10 Å². The number of aryl methyl sites for hydroxylation is 1. The molecular formula is C21H21BrN4O4S. The highest BCUT2D eigenvalue weighted by atomic mass is 79.9. The lowest BCUT2D eigenvalue weighted by atomic mass is 10.2. The number of methoxy groups -OCH3 is 2. The molecule has 0 saturated heterocycles. The lowest BCUT2D eigenvalue weighted by molar-refractivity contribution is -0.118. The van der Waals surface area contributed by atoms with Gasteiger partial charge < -0.3 is 19.5 Å². The molecule has 0 aliphatic rings. The number of thiazole rings is 1. The van der Waals surface area contributed by atoms with E-state index >= 15 is 0 Å². The van der Waals surface area contributed by atoms with Crippen LogP contribution in [0.4, 0.5) is 10.8 Å². The standard InChI is InChI=1S/C21H21BrN4O4S/c1-13-12-31-21(24-13)26-23-10-14-8-15(22)20(18(9-14)29-3)30-11-19(27)25-16-6-4-5-7-17(16)28-2/h4-10,12H,11H2,1-3H3,(H,24,26)(H,25,27). The first-order chi connectivity index (χ1) is 15.0. The number of hydrogen-bond acceptors (Lipinski definition) is 8. The number of nitrogens with one attached hydrogen (secondary N) is 2. The highest BCUT2D eigenvalue weighted by Crippen LogP contribution is 2.36. The van der Waals surface area contributed by atoms with E-state index in [1.165, 1.54) is 18.4 Å². The maximum Gasteiger partial charge on any atom is 0.262 e. The Kier molecular flexibility index (Phi) is 7.85. The lowest BCUT2D eigenvalue weighted by Gasteiger charge is -2.14. The van der Waals surface area contributed by atoms with Crippen LogP contribution in [-0.2, 0) is 4.79 Å². The maximum atomic E-state index is 12.3. The van der Waals surface area contributed by atoms with Crippen LogP contribution in [0.3, 0.4) is 0 Å². The lowest BCUT2D eigenvalue weighted by Crippen LogP contribution is -2.20. The second-order valence-corrected chi connectivity index (χ2v) is 7.95. The zero-order valence-corrected chi connectivity index (χ0v) is 19.5. The van der Waals surface area contributed by atoms with Gasteiger partial charge in [0.2, 0.25) is 5.13 Å². The highest BCUT2D eigenvalue weighted by Gasteiger charge is 2.14. The Labute approximate surface area is 192 Å². The van der Waals surface area contributed by atoms with Crippen molar-refractivity contribution in [1.29, 1.82) is 0 Å². The minimum Gasteiger partial charge on any atom is -0.495 e. The molecule has 0 fully saturated rings. The normalized spacial score (nSPS) is 10.7. The summed E-state index contributed by atoms with van der Waals surface area (Å²) < 4.78 is 17.0. The van der Waals surface area contributed by atoms with Crippen LogP contribution in [0.2, 0.25) is 0 Å². The van der Waals surface area contributed by atoms with Crippen LogP contribution in [0.25, 0.3) is 0 Å². The molecule has 2 N–H and O–H groups in total. The Morgan fingerprint density at radius 1 is 1.23 bits per heavy atom. The second-order valence-electron chi connectivity index (χ2n) is 6.24. The van der Waals surface area contributed by atoms with E-state index < -0.39 is 0 Å². The highest BCUT2D eigenvalue weighted by molar-refractivity contribution is 9.10. The van der Waals surface area contributed by atoms with Crippen molar-refractivity contribution < 1.29 is 19.0 Å². The minimum atomic E-state index is -0.327. The Morgan fingerprint density at radius 2 is 2.00 bits per heavy atom. The molecule has 3 rings (SSSR count). The number of amides is 1. The van der Waals surface area contributed by atoms with E-state index in [0.29, 0.717) is 32.5 Å². The summed E-state index contributed by atoms with van der Waals surface area (Å²) in [6.07, 6.45) is 1.64. The van der Waals surface area contributed by atoms with Crippen molar-refractivity contribution >= 4 is 50.2 Å². The molecular weight excluding hydrogens is 484 g/mol. The van der Waals surface area contributed by atoms with Crippen LogP contribution in [-0.4, -0.2) is 37.9 Å². The van der Waals surface area contributed by atoms with E-state index in [1.54, 1.807) is 31.5 Å². The number of benzene rings is 2. The molecule has 1 amide bonds. The minimum absolute atomic E-state index is 0.203. The molecule has 10 heteroatoms. The third-order valence-corrected chi connectivity index (χ3v) is 5.43. The topological polar surface area (TPSA) is 94.1 Å². The van der Waals surface area contributed by atoms with E-state index in [4.69, 9.17) is 14.2 Å². The predicted octanol–water partition coefficient (Wildman–Crippen LogP) is 4.69. The third-order valence-electron chi connectivity index (χ3n) is 3.97. The van der Waals surface area contributed by atoms with E-state index in [0.717, 1.165) is 11.3 Å². The zero-order chi connectivity index (χ0) is 22.2. The number of ether oxygens (including phenoxy) is 3. The summed E-state index contributed by atoms with van der Waals surface area (Å²) in [5, 5.41) is 9.60. The number of rotatable bonds is 9. The van der Waals surface area contributed by atoms with Gasteiger partial charge in [-0.1, -0.05) is 12.1 Å². The molecule has 162 valence electrons. The van der Waals surface area contributed by atoms with Gasteiger partial charge in [-0.25, -0.2) is 4.98 Å². The number of aromatic nitrogens is 1. The van der Waals surface area contributed by atoms with Crippen molar-refractivity contribution in [3.05, 3.63) is 57.5 Å². The summed E-state index contributed by atoms with van der Waals surface area (Å²) in [6.45, 7) is 1.72. The Hall–Kier alpha value is -3.11. The predicted molar refractivity (Wildman–Crippen MR) is 126 cm³/mol. The fraction of sp³-hybridized carbons (Fsp3) is 0.190. The molecule has 0 atom stereocenters. The average molecular weight is 505 g/mol. The molecule has 0 unspecified atom stereocenters. The number of hydrogen-bond donors (Lipinski definition) is 2. The SMILES string of the molecule is COc1ccccc1NC(=O)COc1c(Br)cc(C=NNc2nc(C)cs2)cc1OC. The molecule has 1 heterocycles. The van der Waals surface area contributed by atoms with Gasteiger partial charge in [-0.3, -0.25) is 10.2 Å². The second kappa shape index (κ2) is 10.8. The van der Waals surface area contributed by atoms with Gasteiger partial charge in [0.05, 0.1) is 36.3 Å². The average Bonchev–Trinajstić information content (AvgIpc) is 3.18. The van der Waals surface area contributed by atoms with Gasteiger partial charge >= 0.3 is 0 Å². The van der Waals surface area contributed by atoms with Crippen molar-refractivity contribution in [2.24, 2.45) is 5.10 Å². The first-order valence-electron chi connectivity index (χ1n) is 9.14. The van der Waals surface area contributed by atoms with Crippen LogP contribution >= 0.6 is 27.3 Å². The van der Waals surface area contributed by atoms with E-state index in [-0.39, 0.29) is 12.5 Å². The molecule has 0 radical (unpaired) electrons. The van der Waals surface area contributed by atoms with Gasteiger partial charge in [0.1, 0.15) is 5.75 Å². The van der Waals surface area contributed by atoms with Gasteiger partial charge in [-0.15, -0.1) is 11.3 Å². The van der Waals surface area contributed by atoms with Gasteiger partial charge in [0, 0.05) is 5.38 Å². The number of halogens is 1. The monoisotopic (exact) mass is 504 g/mol. The molecule has 0 bridgehead atoms. The Bertz CT molecular complexity index is 1090. The molecule has 2 aromatic carbocycles. The van der Waals surface area contributed by atoms with Crippen LogP contribution in [0, 0.1) is 6.92 Å². The summed E-state index contributed by atoms with van der Waals surface area (Å²) in [7, 11) is 3.07. The van der Waals surface area contributed by atoms with Gasteiger partial charge in [0.15, 0.2) is 18.1 Å². The molecule has 0 aliphatic carbocycles. The van der Waals surface area contributed by atoms with Crippen molar-refractivity contribution in [2.45, 2.75) is 6.92 Å². The van der Waals surface area contributed by atoms with Crippen LogP contribution in [0.15, 0.2) is 51.4 Å². The van der Waals surface area contributed by atoms with Crippen LogP contribution < -0.4 is 25.0 Å². The Balaban J connectivity index is 1.65. The number of anilines is 2. The first kappa shape index (κ1) is 22.6. The van der Waals surface area contributed by atoms with Crippen molar-refractivity contribution in [1.82, 2.24) is 4.98 Å². The summed E-state index contributed by atoms with van der Waals surface area (Å²) in [4.78, 5) is 16.6. The number of carbonyl (C=O) groups excluding carboxylic acids is 1. The molecule has 0 saturated carbocycles. The van der Waals surface area contributed by atoms with E-state index in [1.807, 2.05) is 30.5 Å².